The van der Waals surface area contributed by atoms with Crippen LogP contribution in [-0.2, 0) is 22.5 Å². The Morgan fingerprint density at radius 3 is 3.00 bits per heavy atom. The second-order valence-electron chi connectivity index (χ2n) is 6.26. The van der Waals surface area contributed by atoms with E-state index in [2.05, 4.69) is 15.5 Å². The highest BCUT2D eigenvalue weighted by Crippen LogP contribution is 2.27. The number of carbonyl (C=O) groups is 1. The number of nitrogens with zero attached hydrogens (tertiary/aromatic N) is 4. The number of nitrogens with one attached hydrogen (secondary N) is 1. The van der Waals surface area contributed by atoms with Gasteiger partial charge in [0.25, 0.3) is 5.69 Å². The maximum Gasteiger partial charge on any atom is 0.271 e. The van der Waals surface area contributed by atoms with E-state index in [4.69, 9.17) is 16.3 Å². The molecule has 1 aromatic heterocycles. The van der Waals surface area contributed by atoms with Gasteiger partial charge in [0.15, 0.2) is 5.16 Å². The summed E-state index contributed by atoms with van der Waals surface area (Å²) < 4.78 is 7.69. The molecule has 28 heavy (non-hydrogen) atoms. The van der Waals surface area contributed by atoms with E-state index in [0.29, 0.717) is 11.7 Å². The fourth-order valence-electron chi connectivity index (χ4n) is 2.90. The van der Waals surface area contributed by atoms with E-state index in [1.807, 2.05) is 11.5 Å². The number of rotatable bonds is 8. The van der Waals surface area contributed by atoms with Crippen molar-refractivity contribution in [2.45, 2.75) is 44.0 Å². The van der Waals surface area contributed by atoms with Crippen molar-refractivity contribution in [3.8, 4) is 0 Å². The van der Waals surface area contributed by atoms with Crippen molar-refractivity contribution in [2.24, 2.45) is 0 Å². The number of thioether (sulfide) groups is 1. The fraction of sp³-hybridized carbons (Fsp3) is 0.471. The highest BCUT2D eigenvalue weighted by molar-refractivity contribution is 7.99. The van der Waals surface area contributed by atoms with E-state index >= 15 is 0 Å². The third kappa shape index (κ3) is 5.00. The summed E-state index contributed by atoms with van der Waals surface area (Å²) in [6, 6.07) is 3.90. The van der Waals surface area contributed by atoms with Crippen molar-refractivity contribution in [1.29, 1.82) is 0 Å². The number of nitro groups is 1. The second kappa shape index (κ2) is 9.35. The number of ether oxygens (including phenoxy) is 1. The first-order valence-electron chi connectivity index (χ1n) is 8.88. The van der Waals surface area contributed by atoms with Crippen LogP contribution in [0.2, 0.25) is 5.02 Å². The Bertz CT molecular complexity index is 869. The molecule has 1 aliphatic rings. The van der Waals surface area contributed by atoms with Crippen LogP contribution in [0, 0.1) is 10.1 Å². The van der Waals surface area contributed by atoms with Gasteiger partial charge in [-0.1, -0.05) is 30.3 Å². The van der Waals surface area contributed by atoms with Crippen LogP contribution in [0.15, 0.2) is 23.4 Å². The van der Waals surface area contributed by atoms with Gasteiger partial charge in [-0.15, -0.1) is 10.2 Å². The normalized spacial score (nSPS) is 16.3. The smallest absolute Gasteiger partial charge is 0.271 e. The maximum atomic E-state index is 12.3. The molecule has 1 amide bonds. The summed E-state index contributed by atoms with van der Waals surface area (Å²) >= 11 is 7.28. The first-order valence-corrected chi connectivity index (χ1v) is 10.2. The van der Waals surface area contributed by atoms with E-state index in [1.54, 1.807) is 0 Å². The average molecular weight is 426 g/mol. The van der Waals surface area contributed by atoms with Gasteiger partial charge in [0.2, 0.25) is 5.91 Å². The number of carbonyl (C=O) groups excluding carboxylic acids is 1. The molecular formula is C17H20ClN5O4S. The lowest BCUT2D eigenvalue weighted by Gasteiger charge is -2.14. The minimum absolute atomic E-state index is 0.0758. The summed E-state index contributed by atoms with van der Waals surface area (Å²) in [7, 11) is 0. The number of nitro benzene ring substituents is 1. The van der Waals surface area contributed by atoms with Crippen molar-refractivity contribution in [3.05, 3.63) is 39.2 Å². The van der Waals surface area contributed by atoms with Gasteiger partial charge in [-0.3, -0.25) is 14.9 Å². The van der Waals surface area contributed by atoms with Crippen LogP contribution in [0.1, 0.15) is 25.6 Å². The number of hydrogen-bond acceptors (Lipinski definition) is 7. The van der Waals surface area contributed by atoms with Crippen LogP contribution in [0.3, 0.4) is 0 Å². The van der Waals surface area contributed by atoms with Crippen molar-refractivity contribution in [3.63, 3.8) is 0 Å². The molecular weight excluding hydrogens is 406 g/mol. The molecule has 1 aromatic carbocycles. The Labute approximate surface area is 170 Å². The first-order chi connectivity index (χ1) is 13.5. The molecule has 0 saturated carbocycles. The van der Waals surface area contributed by atoms with E-state index in [1.165, 1.54) is 30.0 Å². The number of benzene rings is 1. The second-order valence-corrected chi connectivity index (χ2v) is 7.61. The summed E-state index contributed by atoms with van der Waals surface area (Å²) in [4.78, 5) is 22.7. The summed E-state index contributed by atoms with van der Waals surface area (Å²) in [5.41, 5.74) is 0.0628. The van der Waals surface area contributed by atoms with Crippen molar-refractivity contribution in [2.75, 3.05) is 17.7 Å². The van der Waals surface area contributed by atoms with E-state index < -0.39 is 4.92 Å². The zero-order chi connectivity index (χ0) is 20.1. The number of amides is 1. The Balaban J connectivity index is 1.64. The molecule has 11 heteroatoms. The summed E-state index contributed by atoms with van der Waals surface area (Å²) in [6.45, 7) is 3.43. The SMILES string of the molecule is CCc1nnc(SCC(=O)Nc2cc([N+](=O)[O-])ccc2Cl)n1CC1CCCO1. The zero-order valence-corrected chi connectivity index (χ0v) is 16.8. The average Bonchev–Trinajstić information content (AvgIpc) is 3.32. The lowest BCUT2D eigenvalue weighted by molar-refractivity contribution is -0.384. The van der Waals surface area contributed by atoms with Gasteiger partial charge in [-0.2, -0.15) is 0 Å². The fourth-order valence-corrected chi connectivity index (χ4v) is 3.83. The Kier molecular flexibility index (Phi) is 6.87. The molecule has 2 heterocycles. The van der Waals surface area contributed by atoms with Gasteiger partial charge in [0, 0.05) is 25.2 Å². The van der Waals surface area contributed by atoms with Crippen LogP contribution in [0.4, 0.5) is 11.4 Å². The number of halogens is 1. The summed E-state index contributed by atoms with van der Waals surface area (Å²) in [5.74, 6) is 0.587. The van der Waals surface area contributed by atoms with Gasteiger partial charge in [0.05, 0.1) is 34.0 Å². The summed E-state index contributed by atoms with van der Waals surface area (Å²) in [5, 5.41) is 22.8. The number of aromatic nitrogens is 3. The Hall–Kier alpha value is -2.17. The van der Waals surface area contributed by atoms with Crippen molar-refractivity contribution in [1.82, 2.24) is 14.8 Å². The van der Waals surface area contributed by atoms with Crippen LogP contribution >= 0.6 is 23.4 Å². The molecule has 1 unspecified atom stereocenters. The van der Waals surface area contributed by atoms with Crippen molar-refractivity contribution >= 4 is 40.6 Å². The summed E-state index contributed by atoms with van der Waals surface area (Å²) in [6.07, 6.45) is 2.91. The number of aryl methyl sites for hydroxylation is 1. The van der Waals surface area contributed by atoms with Gasteiger partial charge >= 0.3 is 0 Å². The first kappa shape index (κ1) is 20.6. The topological polar surface area (TPSA) is 112 Å². The molecule has 3 rings (SSSR count). The van der Waals surface area contributed by atoms with E-state index in [0.717, 1.165) is 31.7 Å². The van der Waals surface area contributed by atoms with Gasteiger partial charge < -0.3 is 14.6 Å². The molecule has 1 aliphatic heterocycles. The Morgan fingerprint density at radius 1 is 1.50 bits per heavy atom. The molecule has 1 saturated heterocycles. The molecule has 0 radical (unpaired) electrons. The minimum Gasteiger partial charge on any atom is -0.376 e. The molecule has 9 nitrogen and oxygen atoms in total. The van der Waals surface area contributed by atoms with E-state index in [9.17, 15) is 14.9 Å². The predicted octanol–water partition coefficient (Wildman–Crippen LogP) is 3.31. The van der Waals surface area contributed by atoms with Crippen LogP contribution < -0.4 is 5.32 Å². The number of hydrogen-bond donors (Lipinski definition) is 1. The molecule has 1 fully saturated rings. The molecule has 0 spiro atoms. The highest BCUT2D eigenvalue weighted by Gasteiger charge is 2.21. The van der Waals surface area contributed by atoms with Crippen LogP contribution in [0.5, 0.6) is 0 Å². The van der Waals surface area contributed by atoms with Gasteiger partial charge in [-0.05, 0) is 18.9 Å². The monoisotopic (exact) mass is 425 g/mol. The third-order valence-corrected chi connectivity index (χ3v) is 5.58. The quantitative estimate of drug-likeness (QED) is 0.392. The van der Waals surface area contributed by atoms with Gasteiger partial charge in [-0.25, -0.2) is 0 Å². The lowest BCUT2D eigenvalue weighted by Crippen LogP contribution is -2.19. The molecule has 1 N–H and O–H groups in total. The number of anilines is 1. The standard InChI is InChI=1S/C17H20ClN5O4S/c1-2-15-20-21-17(22(15)9-12-4-3-7-27-12)28-10-16(24)19-14-8-11(23(25)26)5-6-13(14)18/h5-6,8,12H,2-4,7,9-10H2,1H3,(H,19,24). The van der Waals surface area contributed by atoms with Crippen molar-refractivity contribution < 1.29 is 14.5 Å². The predicted molar refractivity (Wildman–Crippen MR) is 106 cm³/mol. The molecule has 150 valence electrons. The molecule has 0 bridgehead atoms. The van der Waals surface area contributed by atoms with Crippen LogP contribution in [0.25, 0.3) is 0 Å². The Morgan fingerprint density at radius 2 is 2.32 bits per heavy atom. The molecule has 1 atom stereocenters. The molecule has 0 aliphatic carbocycles. The van der Waals surface area contributed by atoms with Crippen LogP contribution in [-0.4, -0.2) is 44.1 Å². The number of non-ortho nitro benzene ring substituents is 1. The largest absolute Gasteiger partial charge is 0.376 e. The molecule has 2 aromatic rings. The minimum atomic E-state index is -0.541. The maximum absolute atomic E-state index is 12.3. The van der Waals surface area contributed by atoms with E-state index in [-0.39, 0.29) is 34.2 Å². The lowest BCUT2D eigenvalue weighted by atomic mass is 10.2. The zero-order valence-electron chi connectivity index (χ0n) is 15.3. The third-order valence-electron chi connectivity index (χ3n) is 4.29. The van der Waals surface area contributed by atoms with Gasteiger partial charge in [0.1, 0.15) is 5.82 Å². The highest BCUT2D eigenvalue weighted by atomic mass is 35.5.